The number of likely N-dealkylation sites (N-methyl/N-ethyl adjacent to an activating group) is 1. The molecule has 1 amide bonds. The molecule has 0 radical (unpaired) electrons. The number of nitrogens with zero attached hydrogens (tertiary/aromatic N) is 6. The Morgan fingerprint density at radius 1 is 1.48 bits per heavy atom. The van der Waals surface area contributed by atoms with Gasteiger partial charge in [-0.3, -0.25) is 4.79 Å². The third-order valence-corrected chi connectivity index (χ3v) is 5.01. The first-order valence-electron chi connectivity index (χ1n) is 8.79. The molecule has 132 valence electrons. The van der Waals surface area contributed by atoms with Gasteiger partial charge in [-0.1, -0.05) is 0 Å². The topological polar surface area (TPSA) is 74.1 Å². The van der Waals surface area contributed by atoms with Crippen molar-refractivity contribution in [3.05, 3.63) is 18.3 Å². The summed E-state index contributed by atoms with van der Waals surface area (Å²) in [6.45, 7) is 1.74. The Labute approximate surface area is 148 Å². The number of aromatic nitrogens is 2. The zero-order valence-corrected chi connectivity index (χ0v) is 14.6. The maximum Gasteiger partial charge on any atom is 0.222 e. The smallest absolute Gasteiger partial charge is 0.222 e. The molecule has 2 aliphatic heterocycles. The molecule has 25 heavy (non-hydrogen) atoms. The maximum atomic E-state index is 12.6. The summed E-state index contributed by atoms with van der Waals surface area (Å²) in [5.74, 6) is 3.63. The summed E-state index contributed by atoms with van der Waals surface area (Å²) < 4.78 is 0. The van der Waals surface area contributed by atoms with E-state index in [0.29, 0.717) is 19.3 Å². The van der Waals surface area contributed by atoms with Gasteiger partial charge in [0.1, 0.15) is 0 Å². The van der Waals surface area contributed by atoms with E-state index in [2.05, 4.69) is 31.2 Å². The van der Waals surface area contributed by atoms with Crippen molar-refractivity contribution in [3.8, 4) is 12.3 Å². The van der Waals surface area contributed by atoms with Crippen molar-refractivity contribution in [2.75, 3.05) is 25.0 Å². The Hall–Kier alpha value is -2.49. The van der Waals surface area contributed by atoms with Crippen LogP contribution >= 0.6 is 0 Å². The second-order valence-electron chi connectivity index (χ2n) is 6.72. The van der Waals surface area contributed by atoms with Gasteiger partial charge in [0.2, 0.25) is 5.91 Å². The van der Waals surface area contributed by atoms with E-state index in [1.165, 1.54) is 0 Å². The van der Waals surface area contributed by atoms with Gasteiger partial charge in [-0.2, -0.15) is 15.3 Å². The predicted molar refractivity (Wildman–Crippen MR) is 94.9 cm³/mol. The number of piperidine rings is 1. The zero-order chi connectivity index (χ0) is 17.7. The molecule has 0 aliphatic carbocycles. The van der Waals surface area contributed by atoms with E-state index in [9.17, 15) is 4.79 Å². The third kappa shape index (κ3) is 4.32. The molecule has 3 heterocycles. The number of amides is 1. The Bertz CT molecular complexity index is 662. The quantitative estimate of drug-likeness (QED) is 0.714. The van der Waals surface area contributed by atoms with E-state index in [4.69, 9.17) is 6.42 Å². The molecule has 7 nitrogen and oxygen atoms in total. The average Bonchev–Trinajstić information content (AvgIpc) is 3.45. The van der Waals surface area contributed by atoms with Gasteiger partial charge >= 0.3 is 0 Å². The van der Waals surface area contributed by atoms with Crippen LogP contribution in [0.4, 0.5) is 5.82 Å². The molecule has 1 aromatic heterocycles. The molecule has 0 N–H and O–H groups in total. The van der Waals surface area contributed by atoms with Gasteiger partial charge in [-0.15, -0.1) is 17.4 Å². The van der Waals surface area contributed by atoms with Crippen LogP contribution in [0.1, 0.15) is 38.5 Å². The minimum Gasteiger partial charge on any atom is -0.353 e. The largest absolute Gasteiger partial charge is 0.353 e. The first-order chi connectivity index (χ1) is 12.1. The summed E-state index contributed by atoms with van der Waals surface area (Å²) in [6, 6.07) is 4.04. The minimum absolute atomic E-state index is 0.142. The van der Waals surface area contributed by atoms with Gasteiger partial charge in [-0.05, 0) is 25.0 Å². The summed E-state index contributed by atoms with van der Waals surface area (Å²) in [6.07, 6.45) is 11.5. The highest BCUT2D eigenvalue weighted by atomic mass is 16.2. The van der Waals surface area contributed by atoms with Crippen molar-refractivity contribution in [1.29, 1.82) is 0 Å². The summed E-state index contributed by atoms with van der Waals surface area (Å²) in [4.78, 5) is 16.7. The minimum atomic E-state index is -0.388. The first-order valence-corrected chi connectivity index (χ1v) is 8.79. The summed E-state index contributed by atoms with van der Waals surface area (Å²) in [7, 11) is 1.89. The number of carbonyl (C=O) groups is 1. The molecule has 1 unspecified atom stereocenters. The highest BCUT2D eigenvalue weighted by Crippen LogP contribution is 2.37. The van der Waals surface area contributed by atoms with Crippen LogP contribution < -0.4 is 4.90 Å². The van der Waals surface area contributed by atoms with Crippen LogP contribution in [0.2, 0.25) is 0 Å². The fourth-order valence-corrected chi connectivity index (χ4v) is 3.30. The van der Waals surface area contributed by atoms with Gasteiger partial charge in [0, 0.05) is 58.1 Å². The van der Waals surface area contributed by atoms with Crippen molar-refractivity contribution < 1.29 is 4.79 Å². The highest BCUT2D eigenvalue weighted by Gasteiger charge is 2.40. The molecule has 0 saturated carbocycles. The Kier molecular flexibility index (Phi) is 5.27. The van der Waals surface area contributed by atoms with Crippen LogP contribution in [-0.2, 0) is 4.79 Å². The lowest BCUT2D eigenvalue weighted by Gasteiger charge is -2.38. The van der Waals surface area contributed by atoms with Crippen LogP contribution in [0, 0.1) is 12.3 Å². The Morgan fingerprint density at radius 3 is 3.00 bits per heavy atom. The number of hydrogen-bond donors (Lipinski definition) is 0. The normalized spacial score (nSPS) is 20.8. The van der Waals surface area contributed by atoms with E-state index in [1.807, 2.05) is 24.1 Å². The van der Waals surface area contributed by atoms with Crippen molar-refractivity contribution in [2.45, 2.75) is 50.2 Å². The third-order valence-electron chi connectivity index (χ3n) is 5.01. The molecule has 1 atom stereocenters. The molecule has 7 heteroatoms. The van der Waals surface area contributed by atoms with Crippen LogP contribution in [0.3, 0.4) is 0 Å². The monoisotopic (exact) mass is 340 g/mol. The number of terminal acetylenes is 1. The van der Waals surface area contributed by atoms with E-state index in [1.54, 1.807) is 6.20 Å². The van der Waals surface area contributed by atoms with Crippen LogP contribution in [0.15, 0.2) is 28.6 Å². The van der Waals surface area contributed by atoms with Crippen molar-refractivity contribution in [3.63, 3.8) is 0 Å². The van der Waals surface area contributed by atoms with Crippen molar-refractivity contribution >= 4 is 11.7 Å². The summed E-state index contributed by atoms with van der Waals surface area (Å²) >= 11 is 0. The van der Waals surface area contributed by atoms with E-state index >= 15 is 0 Å². The fourth-order valence-electron chi connectivity index (χ4n) is 3.30. The summed E-state index contributed by atoms with van der Waals surface area (Å²) in [5.41, 5.74) is -0.388. The van der Waals surface area contributed by atoms with Gasteiger partial charge in [-0.25, -0.2) is 0 Å². The number of hydrogen-bond acceptors (Lipinski definition) is 6. The fraction of sp³-hybridized carbons (Fsp3) is 0.611. The Balaban J connectivity index is 1.51. The second-order valence-corrected chi connectivity index (χ2v) is 6.72. The molecule has 3 rings (SSSR count). The van der Waals surface area contributed by atoms with Gasteiger partial charge in [0.15, 0.2) is 11.5 Å². The molecule has 2 aliphatic rings. The predicted octanol–water partition coefficient (Wildman–Crippen LogP) is 2.26. The highest BCUT2D eigenvalue weighted by molar-refractivity contribution is 5.76. The van der Waals surface area contributed by atoms with E-state index in [0.717, 1.165) is 38.2 Å². The van der Waals surface area contributed by atoms with Gasteiger partial charge in [0.25, 0.3) is 0 Å². The molecule has 0 spiro atoms. The van der Waals surface area contributed by atoms with Crippen molar-refractivity contribution in [1.82, 2.24) is 15.1 Å². The lowest BCUT2D eigenvalue weighted by atomic mass is 10.0. The van der Waals surface area contributed by atoms with E-state index < -0.39 is 0 Å². The molecular formula is C18H24N6O. The molecule has 1 saturated heterocycles. The lowest BCUT2D eigenvalue weighted by Crippen LogP contribution is -2.49. The van der Waals surface area contributed by atoms with Crippen LogP contribution in [0.5, 0.6) is 0 Å². The Morgan fingerprint density at radius 2 is 2.32 bits per heavy atom. The lowest BCUT2D eigenvalue weighted by molar-refractivity contribution is -0.132. The second kappa shape index (κ2) is 7.60. The summed E-state index contributed by atoms with van der Waals surface area (Å²) in [5, 5.41) is 16.3. The van der Waals surface area contributed by atoms with Gasteiger partial charge < -0.3 is 9.80 Å². The molecular weight excluding hydrogens is 316 g/mol. The van der Waals surface area contributed by atoms with E-state index in [-0.39, 0.29) is 17.6 Å². The number of rotatable bonds is 7. The first kappa shape index (κ1) is 17.3. The van der Waals surface area contributed by atoms with Gasteiger partial charge in [0.05, 0.1) is 0 Å². The average molecular weight is 340 g/mol. The molecule has 1 fully saturated rings. The van der Waals surface area contributed by atoms with Crippen LogP contribution in [-0.4, -0.2) is 52.8 Å². The molecule has 0 aromatic carbocycles. The number of carbonyl (C=O) groups excluding carboxylic acids is 1. The molecule has 0 bridgehead atoms. The molecule has 1 aromatic rings. The maximum absolute atomic E-state index is 12.6. The zero-order valence-electron chi connectivity index (χ0n) is 14.6. The SMILES string of the molecule is C#CCCC1(CCC(=O)N(C)C2CCCN(c3cccnn3)C2)N=N1. The number of anilines is 1. The standard InChI is InChI=1S/C18H24N6O/c1-3-4-10-18(21-22-18)11-9-17(25)23(2)15-7-6-13-24(14-15)16-8-5-12-19-20-16/h1,5,8,12,15H,4,6-7,9-11,13-14H2,2H3. The van der Waals surface area contributed by atoms with Crippen molar-refractivity contribution in [2.24, 2.45) is 10.2 Å². The van der Waals surface area contributed by atoms with Crippen LogP contribution in [0.25, 0.3) is 0 Å².